The second kappa shape index (κ2) is 7.88. The van der Waals surface area contributed by atoms with Gasteiger partial charge in [-0.1, -0.05) is 27.2 Å². The quantitative estimate of drug-likeness (QED) is 0.519. The first-order valence-electron chi connectivity index (χ1n) is 14.8. The molecule has 1 aliphatic heterocycles. The van der Waals surface area contributed by atoms with Gasteiger partial charge in [-0.2, -0.15) is 5.10 Å². The maximum atomic E-state index is 13.9. The van der Waals surface area contributed by atoms with Gasteiger partial charge >= 0.3 is 0 Å². The van der Waals surface area contributed by atoms with E-state index in [-0.39, 0.29) is 29.2 Å². The summed E-state index contributed by atoms with van der Waals surface area (Å²) in [4.78, 5) is 27.5. The Morgan fingerprint density at radius 1 is 1.05 bits per heavy atom. The lowest BCUT2D eigenvalue weighted by molar-refractivity contribution is -0.170. The fourth-order valence-electron chi connectivity index (χ4n) is 11.3. The van der Waals surface area contributed by atoms with Crippen LogP contribution in [-0.4, -0.2) is 45.4 Å². The van der Waals surface area contributed by atoms with Crippen LogP contribution in [-0.2, 0) is 11.3 Å². The molecule has 7 aliphatic rings. The van der Waals surface area contributed by atoms with Gasteiger partial charge in [-0.3, -0.25) is 14.3 Å². The molecule has 2 unspecified atom stereocenters. The third kappa shape index (κ3) is 3.21. The molecule has 7 heteroatoms. The molecule has 5 nitrogen and oxygen atoms in total. The number of alkyl halides is 2. The van der Waals surface area contributed by atoms with Crippen LogP contribution in [0, 0.1) is 58.2 Å². The van der Waals surface area contributed by atoms with E-state index in [1.165, 1.54) is 51.1 Å². The predicted molar refractivity (Wildman–Crippen MR) is 135 cm³/mol. The fourth-order valence-corrected chi connectivity index (χ4v) is 11.3. The van der Waals surface area contributed by atoms with Gasteiger partial charge in [0.25, 0.3) is 11.8 Å². The highest BCUT2D eigenvalue weighted by molar-refractivity contribution is 5.94. The van der Waals surface area contributed by atoms with Gasteiger partial charge in [-0.15, -0.1) is 0 Å². The predicted octanol–water partition coefficient (Wildman–Crippen LogP) is 5.69. The Hall–Kier alpha value is -1.79. The summed E-state index contributed by atoms with van der Waals surface area (Å²) < 4.78 is 28.0. The first-order chi connectivity index (χ1) is 17.5. The summed E-state index contributed by atoms with van der Waals surface area (Å²) in [5.74, 6) is 2.48. The van der Waals surface area contributed by atoms with Crippen molar-refractivity contribution < 1.29 is 18.4 Å². The topological polar surface area (TPSA) is 55.2 Å². The van der Waals surface area contributed by atoms with Crippen molar-refractivity contribution in [2.24, 2.45) is 58.2 Å². The van der Waals surface area contributed by atoms with Crippen LogP contribution < -0.4 is 0 Å². The third-order valence-electron chi connectivity index (χ3n) is 12.8. The molecule has 0 aromatic carbocycles. The Morgan fingerprint density at radius 2 is 1.84 bits per heavy atom. The first kappa shape index (κ1) is 24.3. The second-order valence-corrected chi connectivity index (χ2v) is 14.2. The van der Waals surface area contributed by atoms with E-state index in [2.05, 4.69) is 25.9 Å². The molecule has 6 aliphatic carbocycles. The number of carbonyl (C=O) groups excluding carboxylic acids is 2. The molecular formula is C30H41F2N3O2. The number of likely N-dealkylation sites (tertiary alicyclic amines) is 1. The van der Waals surface area contributed by atoms with E-state index in [4.69, 9.17) is 0 Å². The summed E-state index contributed by atoms with van der Waals surface area (Å²) in [6.07, 6.45) is 13.6. The Morgan fingerprint density at radius 3 is 2.57 bits per heavy atom. The number of hydrogen-bond donors (Lipinski definition) is 0. The van der Waals surface area contributed by atoms with Crippen LogP contribution in [0.5, 0.6) is 0 Å². The molecule has 2 heterocycles. The number of ketones is 1. The number of fused-ring (bicyclic) bond motifs is 3. The fraction of sp³-hybridized carbons (Fsp3) is 0.833. The molecular weight excluding hydrogens is 472 g/mol. The Bertz CT molecular complexity index is 1130. The molecule has 0 N–H and O–H groups in total. The van der Waals surface area contributed by atoms with Crippen molar-refractivity contribution in [1.29, 1.82) is 0 Å². The van der Waals surface area contributed by atoms with Gasteiger partial charge in [0.1, 0.15) is 0 Å². The van der Waals surface area contributed by atoms with Crippen LogP contribution in [0.2, 0.25) is 0 Å². The summed E-state index contributed by atoms with van der Waals surface area (Å²) in [5.41, 5.74) is 0.649. The van der Waals surface area contributed by atoms with Gasteiger partial charge in [0.15, 0.2) is 5.78 Å². The highest BCUT2D eigenvalue weighted by Crippen LogP contribution is 2.83. The Kier molecular flexibility index (Phi) is 5.17. The highest BCUT2D eigenvalue weighted by Gasteiger charge is 2.78. The SMILES string of the molecule is C[C@H]1CC[C@@H]2C3CC[C@]4(C)[C@@H](C(=O)Cn5cc(C(=O)N6CC(F)(F)C6)cn5)[C@@H]5CC4([C@@H]3CC[C@@H]2C1)[C@@H]5C. The monoisotopic (exact) mass is 513 g/mol. The van der Waals surface area contributed by atoms with Crippen molar-refractivity contribution in [1.82, 2.24) is 14.7 Å². The summed E-state index contributed by atoms with van der Waals surface area (Å²) >= 11 is 0. The molecule has 37 heavy (non-hydrogen) atoms. The van der Waals surface area contributed by atoms with Crippen molar-refractivity contribution in [3.8, 4) is 0 Å². The zero-order valence-corrected chi connectivity index (χ0v) is 22.5. The molecule has 1 aromatic rings. The molecule has 1 saturated heterocycles. The van der Waals surface area contributed by atoms with Crippen molar-refractivity contribution >= 4 is 11.7 Å². The maximum absolute atomic E-state index is 13.9. The second-order valence-electron chi connectivity index (χ2n) is 14.2. The zero-order valence-electron chi connectivity index (χ0n) is 22.5. The molecule has 2 bridgehead atoms. The van der Waals surface area contributed by atoms with Crippen LogP contribution in [0.25, 0.3) is 0 Å². The normalized spacial score (nSPS) is 47.2. The van der Waals surface area contributed by atoms with E-state index in [1.807, 2.05) is 0 Å². The molecule has 8 rings (SSSR count). The summed E-state index contributed by atoms with van der Waals surface area (Å²) in [5, 5.41) is 4.29. The summed E-state index contributed by atoms with van der Waals surface area (Å²) in [6, 6.07) is 0. The lowest BCUT2D eigenvalue weighted by Gasteiger charge is -2.65. The minimum absolute atomic E-state index is 0.0547. The van der Waals surface area contributed by atoms with Crippen LogP contribution >= 0.6 is 0 Å². The average Bonchev–Trinajstić information content (AvgIpc) is 3.47. The van der Waals surface area contributed by atoms with E-state index in [0.29, 0.717) is 17.3 Å². The zero-order chi connectivity index (χ0) is 25.9. The van der Waals surface area contributed by atoms with Crippen molar-refractivity contribution in [2.75, 3.05) is 13.1 Å². The van der Waals surface area contributed by atoms with Crippen molar-refractivity contribution in [2.45, 2.75) is 84.6 Å². The maximum Gasteiger partial charge on any atom is 0.282 e. The molecule has 1 spiro atoms. The third-order valence-corrected chi connectivity index (χ3v) is 12.8. The minimum atomic E-state index is -2.79. The van der Waals surface area contributed by atoms with Gasteiger partial charge in [0, 0.05) is 12.1 Å². The Labute approximate surface area is 218 Å². The first-order valence-corrected chi connectivity index (χ1v) is 14.8. The number of rotatable bonds is 4. The van der Waals surface area contributed by atoms with Crippen LogP contribution in [0.1, 0.15) is 82.5 Å². The molecule has 7 fully saturated rings. The molecule has 1 amide bonds. The lowest BCUT2D eigenvalue weighted by Crippen LogP contribution is -2.59. The van der Waals surface area contributed by atoms with Crippen LogP contribution in [0.4, 0.5) is 8.78 Å². The Balaban J connectivity index is 1.08. The largest absolute Gasteiger partial charge is 0.326 e. The van der Waals surface area contributed by atoms with Crippen LogP contribution in [0.15, 0.2) is 12.4 Å². The average molecular weight is 514 g/mol. The van der Waals surface area contributed by atoms with Crippen molar-refractivity contribution in [3.63, 3.8) is 0 Å². The van der Waals surface area contributed by atoms with Gasteiger partial charge in [0.2, 0.25) is 0 Å². The minimum Gasteiger partial charge on any atom is -0.326 e. The molecule has 0 radical (unpaired) electrons. The van der Waals surface area contributed by atoms with E-state index in [1.54, 1.807) is 10.9 Å². The van der Waals surface area contributed by atoms with E-state index >= 15 is 0 Å². The number of halogens is 2. The summed E-state index contributed by atoms with van der Waals surface area (Å²) in [7, 11) is 0. The van der Waals surface area contributed by atoms with Crippen molar-refractivity contribution in [3.05, 3.63) is 18.0 Å². The summed E-state index contributed by atoms with van der Waals surface area (Å²) in [6.45, 7) is 6.39. The van der Waals surface area contributed by atoms with Crippen LogP contribution in [0.3, 0.4) is 0 Å². The molecule has 6 saturated carbocycles. The molecule has 202 valence electrons. The number of nitrogens with zero attached hydrogens (tertiary/aromatic N) is 3. The number of amides is 1. The molecule has 1 aromatic heterocycles. The number of Topliss-reactive ketones (excluding diaryl/α,β-unsaturated/α-hetero) is 1. The van der Waals surface area contributed by atoms with Gasteiger partial charge in [0.05, 0.1) is 31.4 Å². The lowest BCUT2D eigenvalue weighted by atomic mass is 9.39. The number of carbonyl (C=O) groups is 2. The number of hydrogen-bond acceptors (Lipinski definition) is 3. The molecule has 10 atom stereocenters. The van der Waals surface area contributed by atoms with E-state index in [9.17, 15) is 18.4 Å². The van der Waals surface area contributed by atoms with Gasteiger partial charge in [-0.05, 0) is 97.2 Å². The van der Waals surface area contributed by atoms with E-state index in [0.717, 1.165) is 40.9 Å². The van der Waals surface area contributed by atoms with Gasteiger partial charge < -0.3 is 4.90 Å². The smallest absolute Gasteiger partial charge is 0.282 e. The standard InChI is InChI=1S/C30H41F2N3O2/c1-17-4-6-21-19(10-17)5-7-24-22(21)8-9-28(3)26(23-11-30(24,28)18(23)2)25(36)14-35-13-20(12-33-35)27(37)34-15-29(31,32)16-34/h12-13,17-19,21-24,26H,4-11,14-16H2,1-3H3/t17-,18+,19+,21-,22?,23+,24+,26+,28+,30?/m0/s1. The highest BCUT2D eigenvalue weighted by atomic mass is 19.3. The van der Waals surface area contributed by atoms with Gasteiger partial charge in [-0.25, -0.2) is 8.78 Å². The van der Waals surface area contributed by atoms with E-state index < -0.39 is 24.9 Å². The number of aromatic nitrogens is 2.